The first-order valence-corrected chi connectivity index (χ1v) is 9.32. The van der Waals surface area contributed by atoms with E-state index in [4.69, 9.17) is 0 Å². The fraction of sp³-hybridized carbons (Fsp3) is 0.318. The van der Waals surface area contributed by atoms with E-state index in [-0.39, 0.29) is 0 Å². The molecule has 128 valence electrons. The maximum absolute atomic E-state index is 4.14. The quantitative estimate of drug-likeness (QED) is 0.403. The van der Waals surface area contributed by atoms with Crippen molar-refractivity contribution in [2.45, 2.75) is 45.7 Å². The first-order chi connectivity index (χ1) is 12.4. The Kier molecular flexibility index (Phi) is 4.55. The van der Waals surface area contributed by atoms with Crippen molar-refractivity contribution in [3.63, 3.8) is 0 Å². The van der Waals surface area contributed by atoms with Crippen LogP contribution in [0.1, 0.15) is 38.2 Å². The molecule has 0 saturated heterocycles. The van der Waals surface area contributed by atoms with Crippen molar-refractivity contribution < 1.29 is 0 Å². The normalized spacial score (nSPS) is 11.6. The van der Waals surface area contributed by atoms with Gasteiger partial charge in [0.05, 0.1) is 6.33 Å². The summed E-state index contributed by atoms with van der Waals surface area (Å²) >= 11 is 0. The van der Waals surface area contributed by atoms with E-state index in [2.05, 4.69) is 63.5 Å². The minimum absolute atomic E-state index is 0.867. The molecule has 4 rings (SSSR count). The SMILES string of the molecule is CCCCCCn1c2ccccc2c2cc(Cn3ccnc3)ccc21. The molecular formula is C22H25N3. The maximum Gasteiger partial charge on any atom is 0.0949 e. The smallest absolute Gasteiger partial charge is 0.0949 e. The van der Waals surface area contributed by atoms with E-state index in [0.717, 1.165) is 13.1 Å². The molecule has 2 aromatic heterocycles. The van der Waals surface area contributed by atoms with Gasteiger partial charge in [0, 0.05) is 47.3 Å². The van der Waals surface area contributed by atoms with Crippen molar-refractivity contribution in [2.24, 2.45) is 0 Å². The van der Waals surface area contributed by atoms with E-state index in [1.165, 1.54) is 53.1 Å². The number of hydrogen-bond donors (Lipinski definition) is 0. The van der Waals surface area contributed by atoms with Crippen LogP contribution in [0.15, 0.2) is 61.2 Å². The van der Waals surface area contributed by atoms with E-state index in [1.54, 1.807) is 0 Å². The lowest BCUT2D eigenvalue weighted by Gasteiger charge is -2.08. The van der Waals surface area contributed by atoms with E-state index in [9.17, 15) is 0 Å². The molecule has 0 atom stereocenters. The van der Waals surface area contributed by atoms with Gasteiger partial charge in [-0.1, -0.05) is 50.5 Å². The molecule has 2 aromatic carbocycles. The van der Waals surface area contributed by atoms with Crippen molar-refractivity contribution in [1.29, 1.82) is 0 Å². The summed E-state index contributed by atoms with van der Waals surface area (Å²) in [4.78, 5) is 4.14. The van der Waals surface area contributed by atoms with Gasteiger partial charge in [-0.25, -0.2) is 4.98 Å². The molecule has 3 nitrogen and oxygen atoms in total. The van der Waals surface area contributed by atoms with Crippen LogP contribution in [0.4, 0.5) is 0 Å². The van der Waals surface area contributed by atoms with Gasteiger partial charge in [-0.05, 0) is 30.2 Å². The highest BCUT2D eigenvalue weighted by atomic mass is 15.0. The number of benzene rings is 2. The van der Waals surface area contributed by atoms with Crippen molar-refractivity contribution in [2.75, 3.05) is 0 Å². The molecule has 0 unspecified atom stereocenters. The zero-order chi connectivity index (χ0) is 17.1. The summed E-state index contributed by atoms with van der Waals surface area (Å²) in [7, 11) is 0. The Labute approximate surface area is 148 Å². The molecule has 0 radical (unpaired) electrons. The molecule has 0 aliphatic carbocycles. The van der Waals surface area contributed by atoms with Crippen molar-refractivity contribution in [3.05, 3.63) is 66.7 Å². The average molecular weight is 331 g/mol. The lowest BCUT2D eigenvalue weighted by molar-refractivity contribution is 0.602. The van der Waals surface area contributed by atoms with Crippen molar-refractivity contribution in [3.8, 4) is 0 Å². The molecule has 25 heavy (non-hydrogen) atoms. The number of imidazole rings is 1. The molecule has 0 N–H and O–H groups in total. The predicted molar refractivity (Wildman–Crippen MR) is 105 cm³/mol. The second-order valence-corrected chi connectivity index (χ2v) is 6.82. The number of hydrogen-bond acceptors (Lipinski definition) is 1. The minimum atomic E-state index is 0.867. The van der Waals surface area contributed by atoms with Gasteiger partial charge in [0.2, 0.25) is 0 Å². The molecule has 0 bridgehead atoms. The summed E-state index contributed by atoms with van der Waals surface area (Å²) in [5, 5.41) is 2.73. The number of nitrogens with zero attached hydrogens (tertiary/aromatic N) is 3. The van der Waals surface area contributed by atoms with E-state index < -0.39 is 0 Å². The van der Waals surface area contributed by atoms with E-state index in [0.29, 0.717) is 0 Å². The second-order valence-electron chi connectivity index (χ2n) is 6.82. The lowest BCUT2D eigenvalue weighted by atomic mass is 10.1. The summed E-state index contributed by atoms with van der Waals surface area (Å²) in [6.07, 6.45) is 10.9. The third-order valence-electron chi connectivity index (χ3n) is 5.00. The second kappa shape index (κ2) is 7.14. The minimum Gasteiger partial charge on any atom is -0.340 e. The van der Waals surface area contributed by atoms with Gasteiger partial charge < -0.3 is 9.13 Å². The Morgan fingerprint density at radius 1 is 0.920 bits per heavy atom. The standard InChI is InChI=1S/C22H25N3/c1-2-3-4-7-13-25-21-9-6-5-8-19(21)20-15-18(10-11-22(20)25)16-24-14-12-23-17-24/h5-6,8-12,14-15,17H,2-4,7,13,16H2,1H3. The van der Waals surface area contributed by atoms with Crippen LogP contribution in [-0.2, 0) is 13.1 Å². The van der Waals surface area contributed by atoms with Crippen LogP contribution < -0.4 is 0 Å². The molecule has 0 amide bonds. The topological polar surface area (TPSA) is 22.8 Å². The Balaban J connectivity index is 1.73. The van der Waals surface area contributed by atoms with E-state index in [1.807, 2.05) is 18.7 Å². The fourth-order valence-corrected chi connectivity index (χ4v) is 3.73. The molecule has 0 aliphatic heterocycles. The van der Waals surface area contributed by atoms with E-state index >= 15 is 0 Å². The van der Waals surface area contributed by atoms with Gasteiger partial charge in [-0.3, -0.25) is 0 Å². The molecular weight excluding hydrogens is 306 g/mol. The van der Waals surface area contributed by atoms with Gasteiger partial charge in [-0.15, -0.1) is 0 Å². The summed E-state index contributed by atoms with van der Waals surface area (Å²) in [6.45, 7) is 4.24. The van der Waals surface area contributed by atoms with Crippen LogP contribution in [0, 0.1) is 0 Å². The molecule has 3 heteroatoms. The zero-order valence-electron chi connectivity index (χ0n) is 14.9. The Hall–Kier alpha value is -2.55. The van der Waals surface area contributed by atoms with Gasteiger partial charge in [0.25, 0.3) is 0 Å². The third kappa shape index (κ3) is 3.19. The highest BCUT2D eigenvalue weighted by Crippen LogP contribution is 2.30. The van der Waals surface area contributed by atoms with Gasteiger partial charge in [0.1, 0.15) is 0 Å². The van der Waals surface area contributed by atoms with Gasteiger partial charge >= 0.3 is 0 Å². The average Bonchev–Trinajstić information content (AvgIpc) is 3.25. The lowest BCUT2D eigenvalue weighted by Crippen LogP contribution is -1.99. The number of rotatable bonds is 7. The summed E-state index contributed by atoms with van der Waals surface area (Å²) in [5.41, 5.74) is 4.03. The molecule has 0 aliphatic rings. The molecule has 0 spiro atoms. The molecule has 2 heterocycles. The third-order valence-corrected chi connectivity index (χ3v) is 5.00. The van der Waals surface area contributed by atoms with Crippen molar-refractivity contribution >= 4 is 21.8 Å². The predicted octanol–water partition coefficient (Wildman–Crippen LogP) is 5.62. The van der Waals surface area contributed by atoms with Crippen LogP contribution in [0.5, 0.6) is 0 Å². The van der Waals surface area contributed by atoms with Gasteiger partial charge in [0.15, 0.2) is 0 Å². The Morgan fingerprint density at radius 2 is 1.80 bits per heavy atom. The highest BCUT2D eigenvalue weighted by molar-refractivity contribution is 6.08. The number of fused-ring (bicyclic) bond motifs is 3. The number of unbranched alkanes of at least 4 members (excludes halogenated alkanes) is 3. The number of aryl methyl sites for hydroxylation is 1. The van der Waals surface area contributed by atoms with Crippen molar-refractivity contribution in [1.82, 2.24) is 14.1 Å². The largest absolute Gasteiger partial charge is 0.340 e. The van der Waals surface area contributed by atoms with Gasteiger partial charge in [-0.2, -0.15) is 0 Å². The molecule has 0 saturated carbocycles. The summed E-state index contributed by atoms with van der Waals surface area (Å²) < 4.78 is 4.62. The Bertz CT molecular complexity index is 964. The zero-order valence-corrected chi connectivity index (χ0v) is 14.9. The monoisotopic (exact) mass is 331 g/mol. The summed E-state index contributed by atoms with van der Waals surface area (Å²) in [5.74, 6) is 0. The number of aromatic nitrogens is 3. The van der Waals surface area contributed by atoms with Crippen LogP contribution in [0.2, 0.25) is 0 Å². The number of para-hydroxylation sites is 1. The maximum atomic E-state index is 4.14. The first-order valence-electron chi connectivity index (χ1n) is 9.32. The van der Waals surface area contributed by atoms with Crippen LogP contribution in [0.3, 0.4) is 0 Å². The van der Waals surface area contributed by atoms with Crippen LogP contribution in [-0.4, -0.2) is 14.1 Å². The molecule has 4 aromatic rings. The highest BCUT2D eigenvalue weighted by Gasteiger charge is 2.10. The Morgan fingerprint density at radius 3 is 2.64 bits per heavy atom. The first kappa shape index (κ1) is 15.9. The summed E-state index contributed by atoms with van der Waals surface area (Å²) in [6, 6.07) is 15.7. The molecule has 0 fully saturated rings. The van der Waals surface area contributed by atoms with Crippen LogP contribution in [0.25, 0.3) is 21.8 Å². The van der Waals surface area contributed by atoms with Crippen LogP contribution >= 0.6 is 0 Å². The fourth-order valence-electron chi connectivity index (χ4n) is 3.73.